The van der Waals surface area contributed by atoms with Gasteiger partial charge >= 0.3 is 5.97 Å². The molecule has 62 valence electrons. The van der Waals surface area contributed by atoms with Crippen molar-refractivity contribution in [1.29, 1.82) is 0 Å². The van der Waals surface area contributed by atoms with E-state index in [9.17, 15) is 4.79 Å². The maximum atomic E-state index is 10.2. The van der Waals surface area contributed by atoms with Gasteiger partial charge in [-0.15, -0.1) is 11.8 Å². The molecule has 0 aromatic heterocycles. The fraction of sp³-hybridized carbons (Fsp3) is 0.625. The second-order valence-corrected chi connectivity index (χ2v) is 2.03. The second kappa shape index (κ2) is 5.75. The molecule has 1 N–H and O–H groups in total. The first-order chi connectivity index (χ1) is 5.18. The fourth-order valence-electron chi connectivity index (χ4n) is 0.483. The number of hydrogen-bond donors (Lipinski definition) is 1. The van der Waals surface area contributed by atoms with Gasteiger partial charge in [0.05, 0.1) is 6.61 Å². The van der Waals surface area contributed by atoms with Crippen molar-refractivity contribution in [2.45, 2.75) is 26.4 Å². The Labute approximate surface area is 66.4 Å². The maximum absolute atomic E-state index is 10.2. The van der Waals surface area contributed by atoms with Gasteiger partial charge in [-0.25, -0.2) is 4.79 Å². The Morgan fingerprint density at radius 3 is 2.82 bits per heavy atom. The Morgan fingerprint density at radius 2 is 2.36 bits per heavy atom. The molecule has 3 nitrogen and oxygen atoms in total. The third kappa shape index (κ3) is 5.43. The van der Waals surface area contributed by atoms with Crippen LogP contribution in [-0.4, -0.2) is 23.8 Å². The lowest BCUT2D eigenvalue weighted by molar-refractivity contribution is -0.148. The van der Waals surface area contributed by atoms with E-state index in [1.54, 1.807) is 6.92 Å². The molecule has 0 rings (SSSR count). The summed E-state index contributed by atoms with van der Waals surface area (Å²) in [6.45, 7) is 3.62. The van der Waals surface area contributed by atoms with Crippen molar-refractivity contribution in [1.82, 2.24) is 0 Å². The van der Waals surface area contributed by atoms with Gasteiger partial charge in [-0.05, 0) is 13.8 Å². The van der Waals surface area contributed by atoms with E-state index in [4.69, 9.17) is 9.84 Å². The summed E-state index contributed by atoms with van der Waals surface area (Å²) in [6, 6.07) is 0. The molecule has 0 spiro atoms. The zero-order valence-electron chi connectivity index (χ0n) is 6.76. The number of carbonyl (C=O) groups is 1. The zero-order chi connectivity index (χ0) is 8.69. The van der Waals surface area contributed by atoms with E-state index in [0.29, 0.717) is 13.0 Å². The summed E-state index contributed by atoms with van der Waals surface area (Å²) in [5, 5.41) is 8.38. The van der Waals surface area contributed by atoms with Crippen molar-refractivity contribution in [2.24, 2.45) is 0 Å². The van der Waals surface area contributed by atoms with Crippen LogP contribution in [0.3, 0.4) is 0 Å². The van der Waals surface area contributed by atoms with Crippen LogP contribution >= 0.6 is 0 Å². The van der Waals surface area contributed by atoms with E-state index in [2.05, 4.69) is 11.8 Å². The first-order valence-electron chi connectivity index (χ1n) is 3.42. The molecule has 0 unspecified atom stereocenters. The molecule has 11 heavy (non-hydrogen) atoms. The Kier molecular flexibility index (Phi) is 5.22. The van der Waals surface area contributed by atoms with Crippen LogP contribution in [0.15, 0.2) is 0 Å². The van der Waals surface area contributed by atoms with Crippen molar-refractivity contribution >= 4 is 5.97 Å². The first-order valence-corrected chi connectivity index (χ1v) is 3.42. The normalized spacial score (nSPS) is 11.5. The lowest BCUT2D eigenvalue weighted by atomic mass is 10.4. The van der Waals surface area contributed by atoms with E-state index in [-0.39, 0.29) is 0 Å². The van der Waals surface area contributed by atoms with Gasteiger partial charge in [-0.3, -0.25) is 0 Å². The third-order valence-electron chi connectivity index (χ3n) is 1.12. The molecule has 0 fully saturated rings. The zero-order valence-corrected chi connectivity index (χ0v) is 6.76. The van der Waals surface area contributed by atoms with E-state index in [1.165, 1.54) is 6.92 Å². The standard InChI is InChI=1S/C8H12O3/c1-3-4-5-6-11-7(2)8(9)10/h7H,5-6H2,1-2H3,(H,9,10)/t7-/m0/s1. The van der Waals surface area contributed by atoms with E-state index >= 15 is 0 Å². The third-order valence-corrected chi connectivity index (χ3v) is 1.12. The molecular weight excluding hydrogens is 144 g/mol. The highest BCUT2D eigenvalue weighted by Crippen LogP contribution is 1.91. The molecule has 3 heteroatoms. The van der Waals surface area contributed by atoms with Crippen molar-refractivity contribution < 1.29 is 14.6 Å². The minimum atomic E-state index is -0.936. The summed E-state index contributed by atoms with van der Waals surface area (Å²) >= 11 is 0. The molecule has 0 aliphatic heterocycles. The van der Waals surface area contributed by atoms with Gasteiger partial charge in [0, 0.05) is 6.42 Å². The van der Waals surface area contributed by atoms with Crippen LogP contribution in [0.5, 0.6) is 0 Å². The van der Waals surface area contributed by atoms with Gasteiger partial charge in [0.25, 0.3) is 0 Å². The number of rotatable bonds is 4. The molecule has 0 amide bonds. The quantitative estimate of drug-likeness (QED) is 0.485. The van der Waals surface area contributed by atoms with E-state index in [0.717, 1.165) is 0 Å². The predicted octanol–water partition coefficient (Wildman–Crippen LogP) is 0.889. The van der Waals surface area contributed by atoms with Crippen LogP contribution in [-0.2, 0) is 9.53 Å². The molecular formula is C8H12O3. The highest BCUT2D eigenvalue weighted by atomic mass is 16.5. The van der Waals surface area contributed by atoms with Gasteiger partial charge in [0.15, 0.2) is 6.10 Å². The average molecular weight is 156 g/mol. The predicted molar refractivity (Wildman–Crippen MR) is 41.1 cm³/mol. The summed E-state index contributed by atoms with van der Waals surface area (Å²) in [4.78, 5) is 10.2. The SMILES string of the molecule is CC#CCCO[C@@H](C)C(=O)O. The molecule has 0 radical (unpaired) electrons. The van der Waals surface area contributed by atoms with Crippen LogP contribution in [0.1, 0.15) is 20.3 Å². The fourth-order valence-corrected chi connectivity index (χ4v) is 0.483. The van der Waals surface area contributed by atoms with Gasteiger partial charge in [-0.2, -0.15) is 0 Å². The first kappa shape index (κ1) is 9.99. The summed E-state index contributed by atoms with van der Waals surface area (Å²) in [5.74, 6) is 4.53. The van der Waals surface area contributed by atoms with Crippen LogP contribution in [0.25, 0.3) is 0 Å². The van der Waals surface area contributed by atoms with E-state index in [1.807, 2.05) is 0 Å². The molecule has 0 bridgehead atoms. The molecule has 0 saturated heterocycles. The number of carboxylic acids is 1. The molecule has 0 aliphatic rings. The van der Waals surface area contributed by atoms with E-state index < -0.39 is 12.1 Å². The summed E-state index contributed by atoms with van der Waals surface area (Å²) in [6.07, 6.45) is -0.137. The van der Waals surface area contributed by atoms with Crippen LogP contribution in [0, 0.1) is 11.8 Å². The highest BCUT2D eigenvalue weighted by Gasteiger charge is 2.09. The topological polar surface area (TPSA) is 46.5 Å². The summed E-state index contributed by atoms with van der Waals surface area (Å²) in [7, 11) is 0. The molecule has 0 saturated carbocycles. The second-order valence-electron chi connectivity index (χ2n) is 2.03. The minimum absolute atomic E-state index is 0.383. The average Bonchev–Trinajstić information content (AvgIpc) is 1.97. The minimum Gasteiger partial charge on any atom is -0.479 e. The molecule has 0 heterocycles. The van der Waals surface area contributed by atoms with Crippen LogP contribution < -0.4 is 0 Å². The molecule has 0 aromatic carbocycles. The Bertz CT molecular complexity index is 176. The summed E-state index contributed by atoms with van der Waals surface area (Å²) < 4.78 is 4.90. The van der Waals surface area contributed by atoms with Gasteiger partial charge in [-0.1, -0.05) is 0 Å². The Balaban J connectivity index is 3.36. The number of hydrogen-bond acceptors (Lipinski definition) is 2. The van der Waals surface area contributed by atoms with Gasteiger partial charge in [0.1, 0.15) is 0 Å². The molecule has 0 aliphatic carbocycles. The molecule has 1 atom stereocenters. The van der Waals surface area contributed by atoms with Crippen LogP contribution in [0.2, 0.25) is 0 Å². The smallest absolute Gasteiger partial charge is 0.332 e. The number of carboxylic acid groups (broad SMARTS) is 1. The van der Waals surface area contributed by atoms with Gasteiger partial charge < -0.3 is 9.84 Å². The Hall–Kier alpha value is -1.01. The maximum Gasteiger partial charge on any atom is 0.332 e. The van der Waals surface area contributed by atoms with Crippen molar-refractivity contribution in [2.75, 3.05) is 6.61 Å². The summed E-state index contributed by atoms with van der Waals surface area (Å²) in [5.41, 5.74) is 0. The largest absolute Gasteiger partial charge is 0.479 e. The lowest BCUT2D eigenvalue weighted by Crippen LogP contribution is -2.20. The number of aliphatic carboxylic acids is 1. The highest BCUT2D eigenvalue weighted by molar-refractivity contribution is 5.71. The monoisotopic (exact) mass is 156 g/mol. The van der Waals surface area contributed by atoms with Crippen LogP contribution in [0.4, 0.5) is 0 Å². The lowest BCUT2D eigenvalue weighted by Gasteiger charge is -2.04. The van der Waals surface area contributed by atoms with Crippen molar-refractivity contribution in [3.05, 3.63) is 0 Å². The van der Waals surface area contributed by atoms with Gasteiger partial charge in [0.2, 0.25) is 0 Å². The number of ether oxygens (including phenoxy) is 1. The molecule has 0 aromatic rings. The van der Waals surface area contributed by atoms with Crippen molar-refractivity contribution in [3.8, 4) is 11.8 Å². The van der Waals surface area contributed by atoms with Crippen molar-refractivity contribution in [3.63, 3.8) is 0 Å². The Morgan fingerprint density at radius 1 is 1.73 bits per heavy atom.